The van der Waals surface area contributed by atoms with E-state index in [1.165, 1.54) is 19.9 Å². The van der Waals surface area contributed by atoms with Gasteiger partial charge in [0.2, 0.25) is 11.7 Å². The van der Waals surface area contributed by atoms with E-state index in [9.17, 15) is 14.4 Å². The van der Waals surface area contributed by atoms with E-state index in [0.717, 1.165) is 5.56 Å². The maximum Gasteiger partial charge on any atom is 0.329 e. The first-order valence-corrected chi connectivity index (χ1v) is 9.31. The molecule has 2 aromatic carbocycles. The van der Waals surface area contributed by atoms with Crippen molar-refractivity contribution in [3.05, 3.63) is 70.8 Å². The fourth-order valence-electron chi connectivity index (χ4n) is 2.39. The lowest BCUT2D eigenvalue weighted by Gasteiger charge is -2.16. The van der Waals surface area contributed by atoms with Crippen LogP contribution in [-0.4, -0.2) is 36.9 Å². The highest BCUT2D eigenvalue weighted by Crippen LogP contribution is 2.13. The number of halogens is 1. The molecule has 0 radical (unpaired) electrons. The van der Waals surface area contributed by atoms with Crippen molar-refractivity contribution in [2.24, 2.45) is 0 Å². The van der Waals surface area contributed by atoms with Crippen molar-refractivity contribution >= 4 is 35.3 Å². The number of hydrogen-bond acceptors (Lipinski definition) is 5. The quantitative estimate of drug-likeness (QED) is 0.404. The van der Waals surface area contributed by atoms with E-state index in [1.807, 2.05) is 0 Å². The fraction of sp³-hybridized carbons (Fsp3) is 0.227. The molecule has 0 heterocycles. The molecule has 1 N–H and O–H groups in total. The Kier molecular flexibility index (Phi) is 7.98. The second-order valence-corrected chi connectivity index (χ2v) is 6.72. The summed E-state index contributed by atoms with van der Waals surface area (Å²) in [6.07, 6.45) is 1.94. The first-order valence-electron chi connectivity index (χ1n) is 8.93. The molecule has 0 spiro atoms. The third kappa shape index (κ3) is 6.76. The smallest absolute Gasteiger partial charge is 0.329 e. The molecule has 7 heteroatoms. The fourth-order valence-corrected chi connectivity index (χ4v) is 2.51. The third-order valence-corrected chi connectivity index (χ3v) is 4.30. The third-order valence-electron chi connectivity index (χ3n) is 4.05. The van der Waals surface area contributed by atoms with E-state index in [-0.39, 0.29) is 5.78 Å². The largest absolute Gasteiger partial charge is 0.497 e. The van der Waals surface area contributed by atoms with Crippen LogP contribution in [0, 0.1) is 0 Å². The van der Waals surface area contributed by atoms with Gasteiger partial charge in [0.1, 0.15) is 11.8 Å². The Morgan fingerprint density at radius 2 is 1.62 bits per heavy atom. The average Bonchev–Trinajstić information content (AvgIpc) is 2.72. The molecule has 0 aliphatic rings. The van der Waals surface area contributed by atoms with E-state index < -0.39 is 24.0 Å². The van der Waals surface area contributed by atoms with Gasteiger partial charge in [0, 0.05) is 16.7 Å². The molecule has 6 nitrogen and oxygen atoms in total. The highest BCUT2D eigenvalue weighted by atomic mass is 35.5. The summed E-state index contributed by atoms with van der Waals surface area (Å²) in [5.41, 5.74) is 1.19. The van der Waals surface area contributed by atoms with Crippen LogP contribution in [0.5, 0.6) is 5.75 Å². The highest BCUT2D eigenvalue weighted by Gasteiger charge is 2.23. The zero-order valence-corrected chi connectivity index (χ0v) is 17.1. The Hall–Kier alpha value is -3.12. The van der Waals surface area contributed by atoms with E-state index in [4.69, 9.17) is 21.1 Å². The van der Waals surface area contributed by atoms with Gasteiger partial charge < -0.3 is 14.8 Å². The van der Waals surface area contributed by atoms with Crippen LogP contribution in [0.1, 0.15) is 29.8 Å². The average molecular weight is 416 g/mol. The number of carbonyl (C=O) groups excluding carboxylic acids is 3. The summed E-state index contributed by atoms with van der Waals surface area (Å²) in [5, 5.41) is 3.02. The predicted molar refractivity (Wildman–Crippen MR) is 111 cm³/mol. The van der Waals surface area contributed by atoms with Gasteiger partial charge in [-0.25, -0.2) is 4.79 Å². The predicted octanol–water partition coefficient (Wildman–Crippen LogP) is 3.68. The number of Topliss-reactive ketones (excluding diaryl/α,β-unsaturated/α-hetero) is 1. The van der Waals surface area contributed by atoms with Gasteiger partial charge in [-0.05, 0) is 61.9 Å². The molecule has 0 aliphatic heterocycles. The zero-order valence-electron chi connectivity index (χ0n) is 16.3. The van der Waals surface area contributed by atoms with Gasteiger partial charge >= 0.3 is 5.97 Å². The van der Waals surface area contributed by atoms with E-state index in [1.54, 1.807) is 61.7 Å². The molecule has 0 saturated carbocycles. The lowest BCUT2D eigenvalue weighted by atomic mass is 10.1. The van der Waals surface area contributed by atoms with Crippen LogP contribution >= 0.6 is 11.6 Å². The van der Waals surface area contributed by atoms with Crippen LogP contribution < -0.4 is 10.1 Å². The van der Waals surface area contributed by atoms with E-state index in [2.05, 4.69) is 5.32 Å². The SMILES string of the molecule is COc1ccc(/C=C/C(=O)N[C@@H](C)C(=O)O[C@@H](C)C(=O)c2ccc(Cl)cc2)cc1. The lowest BCUT2D eigenvalue weighted by molar-refractivity contribution is -0.149. The van der Waals surface area contributed by atoms with Gasteiger partial charge in [-0.2, -0.15) is 0 Å². The number of carbonyl (C=O) groups is 3. The van der Waals surface area contributed by atoms with Crippen molar-refractivity contribution in [2.75, 3.05) is 7.11 Å². The van der Waals surface area contributed by atoms with Gasteiger partial charge in [0.15, 0.2) is 6.10 Å². The number of benzene rings is 2. The first kappa shape index (κ1) is 22.2. The van der Waals surface area contributed by atoms with E-state index in [0.29, 0.717) is 16.3 Å². The van der Waals surface area contributed by atoms with Gasteiger partial charge in [0.25, 0.3) is 0 Å². The number of esters is 1. The number of rotatable bonds is 8. The molecule has 0 aromatic heterocycles. The van der Waals surface area contributed by atoms with Crippen LogP contribution in [0.4, 0.5) is 0 Å². The Bertz CT molecular complexity index is 890. The molecule has 1 amide bonds. The number of ether oxygens (including phenoxy) is 2. The zero-order chi connectivity index (χ0) is 21.4. The minimum absolute atomic E-state index is 0.354. The molecular formula is C22H22ClNO5. The van der Waals surface area contributed by atoms with Gasteiger partial charge in [0.05, 0.1) is 7.11 Å². The van der Waals surface area contributed by atoms with Crippen molar-refractivity contribution in [1.82, 2.24) is 5.32 Å². The van der Waals surface area contributed by atoms with Gasteiger partial charge in [-0.3, -0.25) is 9.59 Å². The molecule has 0 saturated heterocycles. The van der Waals surface area contributed by atoms with Crippen LogP contribution in [-0.2, 0) is 14.3 Å². The molecule has 0 bridgehead atoms. The minimum atomic E-state index is -0.988. The molecule has 2 rings (SSSR count). The molecule has 2 atom stereocenters. The van der Waals surface area contributed by atoms with Gasteiger partial charge in [-0.15, -0.1) is 0 Å². The van der Waals surface area contributed by atoms with Crippen LogP contribution in [0.2, 0.25) is 5.02 Å². The molecule has 0 fully saturated rings. The van der Waals surface area contributed by atoms with Crippen LogP contribution in [0.25, 0.3) is 6.08 Å². The summed E-state index contributed by atoms with van der Waals surface area (Å²) in [6, 6.07) is 12.5. The summed E-state index contributed by atoms with van der Waals surface area (Å²) < 4.78 is 10.2. The lowest BCUT2D eigenvalue weighted by Crippen LogP contribution is -2.41. The maximum absolute atomic E-state index is 12.3. The highest BCUT2D eigenvalue weighted by molar-refractivity contribution is 6.30. The molecule has 0 aliphatic carbocycles. The van der Waals surface area contributed by atoms with Crippen molar-refractivity contribution in [3.8, 4) is 5.75 Å². The Labute approximate surface area is 174 Å². The molecule has 29 heavy (non-hydrogen) atoms. The minimum Gasteiger partial charge on any atom is -0.497 e. The van der Waals surface area contributed by atoms with Crippen LogP contribution in [0.3, 0.4) is 0 Å². The number of amides is 1. The Morgan fingerprint density at radius 3 is 2.21 bits per heavy atom. The van der Waals surface area contributed by atoms with Crippen molar-refractivity contribution in [1.29, 1.82) is 0 Å². The van der Waals surface area contributed by atoms with Crippen molar-refractivity contribution in [3.63, 3.8) is 0 Å². The number of nitrogens with one attached hydrogen (secondary N) is 1. The monoisotopic (exact) mass is 415 g/mol. The second kappa shape index (κ2) is 10.4. The van der Waals surface area contributed by atoms with Crippen LogP contribution in [0.15, 0.2) is 54.6 Å². The Balaban J connectivity index is 1.86. The summed E-state index contributed by atoms with van der Waals surface area (Å²) in [4.78, 5) is 36.5. The molecule has 2 aromatic rings. The molecule has 152 valence electrons. The summed E-state index contributed by atoms with van der Waals surface area (Å²) >= 11 is 5.80. The van der Waals surface area contributed by atoms with E-state index >= 15 is 0 Å². The standard InChI is InChI=1S/C22H22ClNO5/c1-14(24-20(25)13-6-16-4-11-19(28-3)12-5-16)22(27)29-15(2)21(26)17-7-9-18(23)10-8-17/h4-15H,1-3H3,(H,24,25)/b13-6+/t14-,15-/m0/s1. The summed E-state index contributed by atoms with van der Waals surface area (Å²) in [6.45, 7) is 2.97. The number of methoxy groups -OCH3 is 1. The number of ketones is 1. The maximum atomic E-state index is 12.3. The summed E-state index contributed by atoms with van der Waals surface area (Å²) in [5.74, 6) is -0.800. The van der Waals surface area contributed by atoms with Crippen molar-refractivity contribution in [2.45, 2.75) is 26.0 Å². The normalized spacial score (nSPS) is 12.8. The van der Waals surface area contributed by atoms with Crippen molar-refractivity contribution < 1.29 is 23.9 Å². The Morgan fingerprint density at radius 1 is 1.00 bits per heavy atom. The molecular weight excluding hydrogens is 394 g/mol. The first-order chi connectivity index (χ1) is 13.8. The second-order valence-electron chi connectivity index (χ2n) is 6.29. The summed E-state index contributed by atoms with van der Waals surface area (Å²) in [7, 11) is 1.57. The molecule has 0 unspecified atom stereocenters. The van der Waals surface area contributed by atoms with Gasteiger partial charge in [-0.1, -0.05) is 23.7 Å². The topological polar surface area (TPSA) is 81.7 Å². The number of hydrogen-bond donors (Lipinski definition) is 1.